The van der Waals surface area contributed by atoms with E-state index in [4.69, 9.17) is 4.74 Å². The van der Waals surface area contributed by atoms with E-state index < -0.39 is 19.2 Å². The second-order valence-corrected chi connectivity index (χ2v) is 6.88. The molecule has 0 spiro atoms. The highest BCUT2D eigenvalue weighted by molar-refractivity contribution is 5.61. The molecule has 1 aliphatic rings. The molecule has 3 aromatic heterocycles. The summed E-state index contributed by atoms with van der Waals surface area (Å²) in [6.45, 7) is 1.13. The summed E-state index contributed by atoms with van der Waals surface area (Å²) in [5.74, 6) is 0.752. The third kappa shape index (κ3) is 4.58. The van der Waals surface area contributed by atoms with Crippen molar-refractivity contribution in [3.8, 4) is 17.1 Å². The summed E-state index contributed by atoms with van der Waals surface area (Å²) in [4.78, 5) is 13.1. The molecule has 0 aliphatic carbocycles. The van der Waals surface area contributed by atoms with Crippen LogP contribution < -0.4 is 15.4 Å². The van der Waals surface area contributed by atoms with Crippen LogP contribution in [-0.2, 0) is 0 Å². The van der Waals surface area contributed by atoms with Gasteiger partial charge in [-0.25, -0.2) is 23.1 Å². The van der Waals surface area contributed by atoms with Gasteiger partial charge in [-0.3, -0.25) is 9.38 Å². The predicted molar refractivity (Wildman–Crippen MR) is 102 cm³/mol. The molecule has 0 saturated carbocycles. The Hall–Kier alpha value is -2.88. The van der Waals surface area contributed by atoms with Gasteiger partial charge in [-0.05, 0) is 19.0 Å². The van der Waals surface area contributed by atoms with Gasteiger partial charge in [0.25, 0.3) is 6.43 Å². The summed E-state index contributed by atoms with van der Waals surface area (Å²) in [6, 6.07) is 3.17. The van der Waals surface area contributed by atoms with E-state index in [0.717, 1.165) is 0 Å². The van der Waals surface area contributed by atoms with Gasteiger partial charge in [-0.1, -0.05) is 0 Å². The van der Waals surface area contributed by atoms with Crippen molar-refractivity contribution >= 4 is 11.5 Å². The molecule has 2 atom stereocenters. The first-order valence-electron chi connectivity index (χ1n) is 9.39. The molecular formula is C19H21F3N6O. The average molecular weight is 406 g/mol. The number of nitrogens with zero attached hydrogens (tertiary/aromatic N) is 4. The Kier molecular flexibility index (Phi) is 5.79. The molecule has 0 amide bonds. The van der Waals surface area contributed by atoms with Gasteiger partial charge in [-0.15, -0.1) is 0 Å². The predicted octanol–water partition coefficient (Wildman–Crippen LogP) is 2.79. The first-order chi connectivity index (χ1) is 14.1. The number of hydrogen-bond donors (Lipinski definition) is 2. The van der Waals surface area contributed by atoms with Crippen LogP contribution in [0, 0.1) is 5.92 Å². The monoisotopic (exact) mass is 406 g/mol. The third-order valence-corrected chi connectivity index (χ3v) is 4.82. The van der Waals surface area contributed by atoms with Gasteiger partial charge in [0.2, 0.25) is 0 Å². The standard InChI is InChI=1S/C19H21F3N6O/c20-14-1-3-23-6-12(14)7-25-18-10-24-8-15(27-18)16-9-26-19-5-13(2-4-28(16)19)29-11-17(21)22/h2,4-5,8-10,12,14,17,23H,1,3,6-7,11H2,(H,25,27)/t12-,14+/m1/s1. The van der Waals surface area contributed by atoms with Crippen LogP contribution in [0.1, 0.15) is 6.42 Å². The Labute approximate surface area is 165 Å². The first-order valence-corrected chi connectivity index (χ1v) is 9.39. The minimum Gasteiger partial charge on any atom is -0.487 e. The molecule has 154 valence electrons. The second-order valence-electron chi connectivity index (χ2n) is 6.88. The van der Waals surface area contributed by atoms with Crippen LogP contribution in [0.3, 0.4) is 0 Å². The lowest BCUT2D eigenvalue weighted by Crippen LogP contribution is -2.41. The average Bonchev–Trinajstić information content (AvgIpc) is 3.15. The molecule has 4 heterocycles. The van der Waals surface area contributed by atoms with Gasteiger partial charge in [0.15, 0.2) is 0 Å². The van der Waals surface area contributed by atoms with E-state index in [9.17, 15) is 13.2 Å². The normalized spacial score (nSPS) is 19.6. The van der Waals surface area contributed by atoms with E-state index in [1.165, 1.54) is 0 Å². The Morgan fingerprint density at radius 2 is 2.21 bits per heavy atom. The molecule has 4 rings (SSSR count). The molecule has 0 unspecified atom stereocenters. The lowest BCUT2D eigenvalue weighted by molar-refractivity contribution is 0.0819. The van der Waals surface area contributed by atoms with Crippen LogP contribution in [0.4, 0.5) is 19.0 Å². The number of halogens is 3. The van der Waals surface area contributed by atoms with Crippen molar-refractivity contribution in [2.45, 2.75) is 19.0 Å². The number of aromatic nitrogens is 4. The highest BCUT2D eigenvalue weighted by Gasteiger charge is 2.24. The van der Waals surface area contributed by atoms with E-state index in [-0.39, 0.29) is 5.92 Å². The molecule has 10 heteroatoms. The summed E-state index contributed by atoms with van der Waals surface area (Å²) in [5, 5.41) is 6.35. The number of rotatable bonds is 7. The zero-order chi connectivity index (χ0) is 20.2. The molecule has 0 bridgehead atoms. The van der Waals surface area contributed by atoms with Crippen LogP contribution in [0.2, 0.25) is 0 Å². The van der Waals surface area contributed by atoms with E-state index in [1.807, 2.05) is 0 Å². The fourth-order valence-electron chi connectivity index (χ4n) is 3.30. The van der Waals surface area contributed by atoms with E-state index in [0.29, 0.717) is 54.7 Å². The van der Waals surface area contributed by atoms with Gasteiger partial charge in [-0.2, -0.15) is 0 Å². The first kappa shape index (κ1) is 19.4. The minimum atomic E-state index is -2.54. The highest BCUT2D eigenvalue weighted by atomic mass is 19.3. The van der Waals surface area contributed by atoms with E-state index in [2.05, 4.69) is 25.6 Å². The van der Waals surface area contributed by atoms with Gasteiger partial charge in [0, 0.05) is 31.3 Å². The van der Waals surface area contributed by atoms with Gasteiger partial charge in [0.1, 0.15) is 35.7 Å². The number of hydrogen-bond acceptors (Lipinski definition) is 6. The number of pyridine rings is 1. The van der Waals surface area contributed by atoms with Crippen LogP contribution in [0.25, 0.3) is 17.0 Å². The Morgan fingerprint density at radius 3 is 3.03 bits per heavy atom. The molecule has 1 aliphatic heterocycles. The van der Waals surface area contributed by atoms with Crippen LogP contribution in [0.15, 0.2) is 36.9 Å². The lowest BCUT2D eigenvalue weighted by atomic mass is 9.97. The number of ether oxygens (including phenoxy) is 1. The van der Waals surface area contributed by atoms with Crippen molar-refractivity contribution in [2.24, 2.45) is 5.92 Å². The van der Waals surface area contributed by atoms with Crippen molar-refractivity contribution in [1.29, 1.82) is 0 Å². The summed E-state index contributed by atoms with van der Waals surface area (Å²) in [5.41, 5.74) is 1.82. The minimum absolute atomic E-state index is 0.114. The maximum atomic E-state index is 14.0. The fourth-order valence-corrected chi connectivity index (χ4v) is 3.30. The van der Waals surface area contributed by atoms with Gasteiger partial charge < -0.3 is 15.4 Å². The van der Waals surface area contributed by atoms with Crippen molar-refractivity contribution in [1.82, 2.24) is 24.7 Å². The number of anilines is 1. The molecule has 0 radical (unpaired) electrons. The molecule has 1 fully saturated rings. The maximum absolute atomic E-state index is 14.0. The van der Waals surface area contributed by atoms with Crippen LogP contribution in [0.5, 0.6) is 5.75 Å². The van der Waals surface area contributed by atoms with Gasteiger partial charge in [0.05, 0.1) is 24.3 Å². The lowest BCUT2D eigenvalue weighted by Gasteiger charge is -2.26. The topological polar surface area (TPSA) is 76.4 Å². The SMILES string of the molecule is FC(F)COc1ccn2c(-c3cncc(NC[C@H]4CNCC[C@@H]4F)n3)cnc2c1. The van der Waals surface area contributed by atoms with E-state index in [1.54, 1.807) is 41.3 Å². The molecule has 3 aromatic rings. The maximum Gasteiger partial charge on any atom is 0.272 e. The molecule has 0 aromatic carbocycles. The summed E-state index contributed by atoms with van der Waals surface area (Å²) in [7, 11) is 0. The molecule has 2 N–H and O–H groups in total. The fraction of sp³-hybridized carbons (Fsp3) is 0.421. The number of alkyl halides is 3. The summed E-state index contributed by atoms with van der Waals surface area (Å²) >= 11 is 0. The Bertz CT molecular complexity index is 966. The zero-order valence-corrected chi connectivity index (χ0v) is 15.6. The number of piperidine rings is 1. The third-order valence-electron chi connectivity index (χ3n) is 4.82. The molecular weight excluding hydrogens is 385 g/mol. The molecule has 29 heavy (non-hydrogen) atoms. The Morgan fingerprint density at radius 1 is 1.31 bits per heavy atom. The zero-order valence-electron chi connectivity index (χ0n) is 15.6. The van der Waals surface area contributed by atoms with Gasteiger partial charge >= 0.3 is 0 Å². The Balaban J connectivity index is 1.49. The van der Waals surface area contributed by atoms with Crippen molar-refractivity contribution < 1.29 is 17.9 Å². The van der Waals surface area contributed by atoms with Crippen molar-refractivity contribution in [3.63, 3.8) is 0 Å². The second kappa shape index (κ2) is 8.64. The van der Waals surface area contributed by atoms with E-state index >= 15 is 0 Å². The smallest absolute Gasteiger partial charge is 0.272 e. The molecule has 1 saturated heterocycles. The molecule has 7 nitrogen and oxygen atoms in total. The number of nitrogens with one attached hydrogen (secondary N) is 2. The summed E-state index contributed by atoms with van der Waals surface area (Å²) in [6.07, 6.45) is 3.65. The number of fused-ring (bicyclic) bond motifs is 1. The van der Waals surface area contributed by atoms with Crippen molar-refractivity contribution in [2.75, 3.05) is 31.6 Å². The van der Waals surface area contributed by atoms with Crippen LogP contribution in [-0.4, -0.2) is 58.2 Å². The van der Waals surface area contributed by atoms with Crippen molar-refractivity contribution in [3.05, 3.63) is 36.9 Å². The highest BCUT2D eigenvalue weighted by Crippen LogP contribution is 2.23. The number of imidazole rings is 1. The van der Waals surface area contributed by atoms with Crippen LogP contribution >= 0.6 is 0 Å². The largest absolute Gasteiger partial charge is 0.487 e. The quantitative estimate of drug-likeness (QED) is 0.629. The summed E-state index contributed by atoms with van der Waals surface area (Å²) < 4.78 is 45.4.